The van der Waals surface area contributed by atoms with E-state index in [1.165, 1.54) is 57.8 Å². The highest BCUT2D eigenvalue weighted by Gasteiger charge is 2.21. The van der Waals surface area contributed by atoms with Crippen molar-refractivity contribution < 1.29 is 8.78 Å². The zero-order chi connectivity index (χ0) is 20.6. The Hall–Kier alpha value is -1.84. The number of halogens is 2. The summed E-state index contributed by atoms with van der Waals surface area (Å²) in [7, 11) is 0. The summed E-state index contributed by atoms with van der Waals surface area (Å²) in [6.07, 6.45) is 14.4. The van der Waals surface area contributed by atoms with Crippen LogP contribution >= 0.6 is 0 Å². The van der Waals surface area contributed by atoms with Crippen molar-refractivity contribution in [2.24, 2.45) is 11.8 Å². The second-order valence-corrected chi connectivity index (χ2v) is 8.74. The van der Waals surface area contributed by atoms with Crippen LogP contribution in [-0.4, -0.2) is 10.2 Å². The van der Waals surface area contributed by atoms with Crippen LogP contribution in [0.2, 0.25) is 0 Å². The van der Waals surface area contributed by atoms with Gasteiger partial charge in [-0.1, -0.05) is 70.8 Å². The molecule has 2 nitrogen and oxygen atoms in total. The van der Waals surface area contributed by atoms with Crippen LogP contribution in [0.25, 0.3) is 11.3 Å². The van der Waals surface area contributed by atoms with Gasteiger partial charge in [-0.25, -0.2) is 8.78 Å². The lowest BCUT2D eigenvalue weighted by atomic mass is 9.78. The maximum atomic E-state index is 14.1. The first kappa shape index (κ1) is 21.9. The van der Waals surface area contributed by atoms with Gasteiger partial charge in [0.05, 0.1) is 11.4 Å². The summed E-state index contributed by atoms with van der Waals surface area (Å²) in [5, 5.41) is 8.41. The van der Waals surface area contributed by atoms with Gasteiger partial charge in [0.25, 0.3) is 0 Å². The van der Waals surface area contributed by atoms with Gasteiger partial charge in [-0.05, 0) is 55.4 Å². The van der Waals surface area contributed by atoms with Crippen LogP contribution in [0.3, 0.4) is 0 Å². The molecule has 0 amide bonds. The number of unbranched alkanes of at least 4 members (excludes halogenated alkanes) is 3. The molecule has 1 saturated carbocycles. The van der Waals surface area contributed by atoms with Gasteiger partial charge in [-0.3, -0.25) is 0 Å². The molecule has 0 atom stereocenters. The van der Waals surface area contributed by atoms with Gasteiger partial charge >= 0.3 is 0 Å². The van der Waals surface area contributed by atoms with Gasteiger partial charge in [-0.15, -0.1) is 0 Å². The number of aryl methyl sites for hydroxylation is 2. The van der Waals surface area contributed by atoms with Gasteiger partial charge in [0.1, 0.15) is 0 Å². The first-order valence-electron chi connectivity index (χ1n) is 11.4. The molecule has 1 aliphatic carbocycles. The van der Waals surface area contributed by atoms with Crippen molar-refractivity contribution in [2.75, 3.05) is 0 Å². The maximum absolute atomic E-state index is 14.1. The Morgan fingerprint density at radius 1 is 0.828 bits per heavy atom. The van der Waals surface area contributed by atoms with Gasteiger partial charge < -0.3 is 0 Å². The Labute approximate surface area is 174 Å². The van der Waals surface area contributed by atoms with E-state index >= 15 is 0 Å². The van der Waals surface area contributed by atoms with Crippen molar-refractivity contribution in [1.29, 1.82) is 0 Å². The van der Waals surface area contributed by atoms with Gasteiger partial charge in [0, 0.05) is 5.56 Å². The third-order valence-corrected chi connectivity index (χ3v) is 6.51. The van der Waals surface area contributed by atoms with Gasteiger partial charge in [0.15, 0.2) is 11.6 Å². The van der Waals surface area contributed by atoms with E-state index in [1.54, 1.807) is 25.1 Å². The van der Waals surface area contributed by atoms with Crippen LogP contribution in [0.1, 0.15) is 82.4 Å². The average Bonchev–Trinajstić information content (AvgIpc) is 2.75. The molecule has 4 heteroatoms. The predicted octanol–water partition coefficient (Wildman–Crippen LogP) is 7.44. The highest BCUT2D eigenvalue weighted by atomic mass is 19.2. The molecule has 0 saturated heterocycles. The molecule has 3 rings (SSSR count). The largest absolute Gasteiger partial charge is 0.203 e. The van der Waals surface area contributed by atoms with Crippen molar-refractivity contribution in [1.82, 2.24) is 10.2 Å². The summed E-state index contributed by atoms with van der Waals surface area (Å²) < 4.78 is 27.9. The fraction of sp³-hybridized carbons (Fsp3) is 0.600. The molecule has 0 radical (unpaired) electrons. The minimum atomic E-state index is -0.849. The molecular weight excluding hydrogens is 366 g/mol. The Morgan fingerprint density at radius 2 is 1.55 bits per heavy atom. The van der Waals surface area contributed by atoms with Crippen molar-refractivity contribution in [3.05, 3.63) is 47.2 Å². The van der Waals surface area contributed by atoms with Crippen LogP contribution in [0.4, 0.5) is 8.78 Å². The summed E-state index contributed by atoms with van der Waals surface area (Å²) in [5.74, 6) is 0.0619. The fourth-order valence-corrected chi connectivity index (χ4v) is 4.50. The lowest BCUT2D eigenvalue weighted by molar-refractivity contribution is 0.248. The topological polar surface area (TPSA) is 25.8 Å². The third kappa shape index (κ3) is 6.07. The van der Waals surface area contributed by atoms with E-state index in [2.05, 4.69) is 17.1 Å². The van der Waals surface area contributed by atoms with E-state index in [9.17, 15) is 8.78 Å². The van der Waals surface area contributed by atoms with Crippen LogP contribution < -0.4 is 0 Å². The van der Waals surface area contributed by atoms with Crippen LogP contribution in [0.15, 0.2) is 24.3 Å². The van der Waals surface area contributed by atoms with E-state index in [-0.39, 0.29) is 5.56 Å². The van der Waals surface area contributed by atoms with E-state index < -0.39 is 11.6 Å². The van der Waals surface area contributed by atoms with E-state index in [0.717, 1.165) is 30.4 Å². The second kappa shape index (κ2) is 10.8. The summed E-state index contributed by atoms with van der Waals surface area (Å²) in [6.45, 7) is 3.82. The zero-order valence-electron chi connectivity index (χ0n) is 17.9. The molecule has 158 valence electrons. The summed E-state index contributed by atoms with van der Waals surface area (Å²) in [6, 6.07) is 6.79. The average molecular weight is 401 g/mol. The molecule has 0 bridgehead atoms. The summed E-state index contributed by atoms with van der Waals surface area (Å²) >= 11 is 0. The standard InChI is InChI=1S/C25H34F2N2/c1-3-4-5-6-7-19-9-11-20(12-10-19)13-14-21-15-17-23(29-28-21)22-16-8-18(2)24(26)25(22)27/h8,15-17,19-20H,3-7,9-14H2,1-2H3. The third-order valence-electron chi connectivity index (χ3n) is 6.51. The smallest absolute Gasteiger partial charge is 0.168 e. The van der Waals surface area contributed by atoms with Crippen molar-refractivity contribution >= 4 is 0 Å². The minimum absolute atomic E-state index is 0.171. The number of rotatable bonds is 9. The first-order valence-corrected chi connectivity index (χ1v) is 11.4. The lowest BCUT2D eigenvalue weighted by Gasteiger charge is -2.28. The predicted molar refractivity (Wildman–Crippen MR) is 115 cm³/mol. The molecule has 1 aromatic carbocycles. The highest BCUT2D eigenvalue weighted by molar-refractivity contribution is 5.60. The molecule has 1 aromatic heterocycles. The molecular formula is C25H34F2N2. The number of nitrogens with zero attached hydrogens (tertiary/aromatic N) is 2. The van der Waals surface area contributed by atoms with Crippen molar-refractivity contribution in [2.45, 2.75) is 84.5 Å². The van der Waals surface area contributed by atoms with Crippen molar-refractivity contribution in [3.63, 3.8) is 0 Å². The highest BCUT2D eigenvalue weighted by Crippen LogP contribution is 2.34. The Balaban J connectivity index is 1.45. The van der Waals surface area contributed by atoms with Gasteiger partial charge in [0.2, 0.25) is 0 Å². The summed E-state index contributed by atoms with van der Waals surface area (Å²) in [4.78, 5) is 0. The second-order valence-electron chi connectivity index (χ2n) is 8.74. The molecule has 29 heavy (non-hydrogen) atoms. The quantitative estimate of drug-likeness (QED) is 0.409. The number of hydrogen-bond donors (Lipinski definition) is 0. The molecule has 0 spiro atoms. The normalized spacial score (nSPS) is 19.4. The van der Waals surface area contributed by atoms with Crippen LogP contribution in [0.5, 0.6) is 0 Å². The SMILES string of the molecule is CCCCCCC1CCC(CCc2ccc(-c3ccc(C)c(F)c3F)nn2)CC1. The first-order chi connectivity index (χ1) is 14.1. The zero-order valence-corrected chi connectivity index (χ0v) is 17.9. The van der Waals surface area contributed by atoms with Gasteiger partial charge in [-0.2, -0.15) is 10.2 Å². The summed E-state index contributed by atoms with van der Waals surface area (Å²) in [5.41, 5.74) is 1.79. The number of aromatic nitrogens is 2. The molecule has 1 fully saturated rings. The molecule has 0 unspecified atom stereocenters. The van der Waals surface area contributed by atoms with E-state index in [1.807, 2.05) is 6.07 Å². The lowest BCUT2D eigenvalue weighted by Crippen LogP contribution is -2.15. The number of hydrogen-bond acceptors (Lipinski definition) is 2. The maximum Gasteiger partial charge on any atom is 0.168 e. The molecule has 1 heterocycles. The number of benzene rings is 1. The fourth-order valence-electron chi connectivity index (χ4n) is 4.50. The Kier molecular flexibility index (Phi) is 8.14. The molecule has 0 aliphatic heterocycles. The van der Waals surface area contributed by atoms with Crippen molar-refractivity contribution in [3.8, 4) is 11.3 Å². The molecule has 1 aliphatic rings. The van der Waals surface area contributed by atoms with E-state index in [0.29, 0.717) is 11.3 Å². The molecule has 2 aromatic rings. The monoisotopic (exact) mass is 400 g/mol. The minimum Gasteiger partial charge on any atom is -0.203 e. The van der Waals surface area contributed by atoms with E-state index in [4.69, 9.17) is 0 Å². The Bertz CT molecular complexity index is 765. The molecule has 0 N–H and O–H groups in total. The van der Waals surface area contributed by atoms with Crippen LogP contribution in [-0.2, 0) is 6.42 Å². The van der Waals surface area contributed by atoms with Crippen LogP contribution in [0, 0.1) is 30.4 Å². The Morgan fingerprint density at radius 3 is 2.21 bits per heavy atom.